The highest BCUT2D eigenvalue weighted by molar-refractivity contribution is 7.92. The number of hydrogen-bond donors (Lipinski definition) is 1. The summed E-state index contributed by atoms with van der Waals surface area (Å²) in [6.45, 7) is -0.0255. The highest BCUT2D eigenvalue weighted by Crippen LogP contribution is 2.36. The van der Waals surface area contributed by atoms with Crippen LogP contribution in [0.15, 0.2) is 75.3 Å². The van der Waals surface area contributed by atoms with E-state index in [-0.39, 0.29) is 39.3 Å². The minimum atomic E-state index is -3.93. The molecule has 0 bridgehead atoms. The van der Waals surface area contributed by atoms with Gasteiger partial charge in [-0.15, -0.1) is 0 Å². The number of halogens is 2. The fourth-order valence-electron chi connectivity index (χ4n) is 4.13. The van der Waals surface area contributed by atoms with Gasteiger partial charge in [0.2, 0.25) is 0 Å². The molecule has 1 aliphatic heterocycles. The Morgan fingerprint density at radius 1 is 1.03 bits per heavy atom. The van der Waals surface area contributed by atoms with E-state index in [9.17, 15) is 27.1 Å². The van der Waals surface area contributed by atoms with Gasteiger partial charge in [-0.25, -0.2) is 17.2 Å². The standard InChI is InChI=1S/C25H18F2N2O5S/c1-34-17-7-8-19-22(11-17)35(32,33)13-20(28-19)23-24(30)18-10-16(27)6-9-21(18)29(25(23)31)12-14-2-4-15(26)5-3-14/h2-11,30H,12-13H2,1H3. The normalized spacial score (nSPS) is 14.4. The third kappa shape index (κ3) is 3.95. The number of aliphatic imine (C=N–C) groups is 1. The van der Waals surface area contributed by atoms with Crippen LogP contribution in [0.2, 0.25) is 0 Å². The first-order chi connectivity index (χ1) is 16.7. The zero-order valence-corrected chi connectivity index (χ0v) is 19.1. The molecule has 0 atom stereocenters. The number of nitrogens with zero attached hydrogens (tertiary/aromatic N) is 2. The molecule has 1 N–H and O–H groups in total. The molecule has 3 aromatic carbocycles. The van der Waals surface area contributed by atoms with Gasteiger partial charge in [0.05, 0.1) is 41.2 Å². The number of sulfone groups is 1. The van der Waals surface area contributed by atoms with E-state index in [0.29, 0.717) is 11.3 Å². The summed E-state index contributed by atoms with van der Waals surface area (Å²) < 4.78 is 60.0. The van der Waals surface area contributed by atoms with Gasteiger partial charge in [0.25, 0.3) is 5.56 Å². The average molecular weight is 496 g/mol. The molecule has 0 radical (unpaired) electrons. The maximum Gasteiger partial charge on any atom is 0.264 e. The highest BCUT2D eigenvalue weighted by Gasteiger charge is 2.31. The number of aromatic nitrogens is 1. The van der Waals surface area contributed by atoms with E-state index >= 15 is 0 Å². The average Bonchev–Trinajstić information content (AvgIpc) is 2.82. The lowest BCUT2D eigenvalue weighted by Crippen LogP contribution is -2.32. The van der Waals surface area contributed by atoms with Crippen LogP contribution in [0.4, 0.5) is 14.5 Å². The third-order valence-corrected chi connectivity index (χ3v) is 7.48. The van der Waals surface area contributed by atoms with Crippen LogP contribution in [0.25, 0.3) is 10.9 Å². The summed E-state index contributed by atoms with van der Waals surface area (Å²) in [5, 5.41) is 11.0. The fraction of sp³-hybridized carbons (Fsp3) is 0.120. The Balaban J connectivity index is 1.77. The van der Waals surface area contributed by atoms with E-state index in [1.54, 1.807) is 0 Å². The number of fused-ring (bicyclic) bond motifs is 2. The Morgan fingerprint density at radius 2 is 1.74 bits per heavy atom. The Bertz CT molecular complexity index is 1690. The maximum absolute atomic E-state index is 14.1. The molecular weight excluding hydrogens is 478 g/mol. The van der Waals surface area contributed by atoms with Gasteiger partial charge in [0, 0.05) is 11.5 Å². The largest absolute Gasteiger partial charge is 0.506 e. The molecule has 0 amide bonds. The van der Waals surface area contributed by atoms with Gasteiger partial charge in [-0.3, -0.25) is 9.79 Å². The van der Waals surface area contributed by atoms with Crippen LogP contribution in [0.3, 0.4) is 0 Å². The summed E-state index contributed by atoms with van der Waals surface area (Å²) >= 11 is 0. The van der Waals surface area contributed by atoms with E-state index in [0.717, 1.165) is 12.1 Å². The molecule has 178 valence electrons. The van der Waals surface area contributed by atoms with E-state index in [2.05, 4.69) is 4.99 Å². The second-order valence-electron chi connectivity index (χ2n) is 8.05. The number of hydrogen-bond acceptors (Lipinski definition) is 6. The van der Waals surface area contributed by atoms with Crippen molar-refractivity contribution in [1.82, 2.24) is 4.57 Å². The summed E-state index contributed by atoms with van der Waals surface area (Å²) in [5.74, 6) is -1.98. The molecule has 0 unspecified atom stereocenters. The molecule has 1 aliphatic rings. The van der Waals surface area contributed by atoms with E-state index in [1.165, 1.54) is 60.2 Å². The number of ether oxygens (including phenoxy) is 1. The molecule has 10 heteroatoms. The summed E-state index contributed by atoms with van der Waals surface area (Å²) in [6, 6.07) is 13.3. The van der Waals surface area contributed by atoms with Gasteiger partial charge in [-0.1, -0.05) is 12.1 Å². The minimum absolute atomic E-state index is 0.0161. The summed E-state index contributed by atoms with van der Waals surface area (Å²) in [7, 11) is -2.52. The second kappa shape index (κ2) is 8.31. The monoisotopic (exact) mass is 496 g/mol. The lowest BCUT2D eigenvalue weighted by molar-refractivity contribution is 0.413. The van der Waals surface area contributed by atoms with Crippen molar-refractivity contribution in [1.29, 1.82) is 0 Å². The van der Waals surface area contributed by atoms with Crippen molar-refractivity contribution in [3.63, 3.8) is 0 Å². The zero-order valence-electron chi connectivity index (χ0n) is 18.3. The minimum Gasteiger partial charge on any atom is -0.506 e. The number of aromatic hydroxyl groups is 1. The Kier molecular flexibility index (Phi) is 5.40. The lowest BCUT2D eigenvalue weighted by atomic mass is 10.1. The fourth-order valence-corrected chi connectivity index (χ4v) is 5.58. The Hall–Kier alpha value is -4.05. The Morgan fingerprint density at radius 3 is 2.46 bits per heavy atom. The molecule has 1 aromatic heterocycles. The molecule has 2 heterocycles. The maximum atomic E-state index is 14.1. The molecule has 0 aliphatic carbocycles. The summed E-state index contributed by atoms with van der Waals surface area (Å²) in [5.41, 5.74) is -0.315. The van der Waals surface area contributed by atoms with Crippen LogP contribution < -0.4 is 10.3 Å². The van der Waals surface area contributed by atoms with Crippen molar-refractivity contribution in [3.05, 3.63) is 93.8 Å². The predicted molar refractivity (Wildman–Crippen MR) is 127 cm³/mol. The van der Waals surface area contributed by atoms with Gasteiger partial charge in [-0.2, -0.15) is 0 Å². The molecule has 0 saturated heterocycles. The third-order valence-electron chi connectivity index (χ3n) is 5.83. The first-order valence-corrected chi connectivity index (χ1v) is 12.1. The summed E-state index contributed by atoms with van der Waals surface area (Å²) in [4.78, 5) is 17.9. The van der Waals surface area contributed by atoms with Crippen LogP contribution in [0, 0.1) is 11.6 Å². The predicted octanol–water partition coefficient (Wildman–Crippen LogP) is 3.95. The Labute approximate surface area is 198 Å². The van der Waals surface area contributed by atoms with E-state index < -0.39 is 38.5 Å². The highest BCUT2D eigenvalue weighted by atomic mass is 32.2. The van der Waals surface area contributed by atoms with E-state index in [1.807, 2.05) is 0 Å². The van der Waals surface area contributed by atoms with Crippen molar-refractivity contribution in [2.45, 2.75) is 11.4 Å². The number of benzene rings is 3. The van der Waals surface area contributed by atoms with Crippen molar-refractivity contribution in [2.24, 2.45) is 4.99 Å². The van der Waals surface area contributed by atoms with Crippen molar-refractivity contribution >= 4 is 32.1 Å². The van der Waals surface area contributed by atoms with Crippen LogP contribution in [0.1, 0.15) is 11.1 Å². The zero-order chi connectivity index (χ0) is 24.9. The quantitative estimate of drug-likeness (QED) is 0.462. The van der Waals surface area contributed by atoms with Crippen LogP contribution in [-0.2, 0) is 16.4 Å². The first kappa shape index (κ1) is 22.7. The molecule has 4 aromatic rings. The molecule has 0 fully saturated rings. The number of pyridine rings is 1. The molecule has 0 saturated carbocycles. The van der Waals surface area contributed by atoms with Gasteiger partial charge in [-0.05, 0) is 48.0 Å². The van der Waals surface area contributed by atoms with Gasteiger partial charge in [0.1, 0.15) is 28.7 Å². The van der Waals surface area contributed by atoms with E-state index in [4.69, 9.17) is 4.74 Å². The first-order valence-electron chi connectivity index (χ1n) is 10.5. The van der Waals surface area contributed by atoms with Crippen molar-refractivity contribution in [2.75, 3.05) is 12.9 Å². The molecule has 5 rings (SSSR count). The van der Waals surface area contributed by atoms with Crippen LogP contribution in [0.5, 0.6) is 11.5 Å². The molecule has 7 nitrogen and oxygen atoms in total. The van der Waals surface area contributed by atoms with Crippen LogP contribution >= 0.6 is 0 Å². The van der Waals surface area contributed by atoms with Gasteiger partial charge in [0.15, 0.2) is 9.84 Å². The van der Waals surface area contributed by atoms with Gasteiger partial charge >= 0.3 is 0 Å². The van der Waals surface area contributed by atoms with Crippen molar-refractivity contribution < 1.29 is 27.0 Å². The van der Waals surface area contributed by atoms with Crippen LogP contribution in [-0.4, -0.2) is 36.7 Å². The summed E-state index contributed by atoms with van der Waals surface area (Å²) in [6.07, 6.45) is 0. The molecular formula is C25H18F2N2O5S. The SMILES string of the molecule is COc1ccc2c(c1)S(=O)(=O)CC(c1c(O)c3cc(F)ccc3n(Cc3ccc(F)cc3)c1=O)=N2. The smallest absolute Gasteiger partial charge is 0.264 e. The lowest BCUT2D eigenvalue weighted by Gasteiger charge is -2.20. The van der Waals surface area contributed by atoms with Crippen molar-refractivity contribution in [3.8, 4) is 11.5 Å². The number of methoxy groups -OCH3 is 1. The molecule has 35 heavy (non-hydrogen) atoms. The van der Waals surface area contributed by atoms with Gasteiger partial charge < -0.3 is 14.4 Å². The second-order valence-corrected chi connectivity index (χ2v) is 10.0. The molecule has 0 spiro atoms. The topological polar surface area (TPSA) is 98.0 Å². The number of rotatable bonds is 4.